The zero-order chi connectivity index (χ0) is 11.1. The van der Waals surface area contributed by atoms with Gasteiger partial charge in [0.15, 0.2) is 0 Å². The standard InChI is InChI=1S/C11H11F2NO/c1-7(15)14-9-4-2-3-8(5-9)10-6-11(10,12)13/h2-5,10H,6H2,1H3,(H,14,15). The van der Waals surface area contributed by atoms with E-state index in [1.54, 1.807) is 24.3 Å². The highest BCUT2D eigenvalue weighted by Gasteiger charge is 2.57. The molecule has 0 spiro atoms. The fourth-order valence-electron chi connectivity index (χ4n) is 1.61. The van der Waals surface area contributed by atoms with Crippen LogP contribution in [0.1, 0.15) is 24.8 Å². The Morgan fingerprint density at radius 2 is 2.20 bits per heavy atom. The second-order valence-corrected chi connectivity index (χ2v) is 3.82. The lowest BCUT2D eigenvalue weighted by molar-refractivity contribution is -0.114. The number of carbonyl (C=O) groups excluding carboxylic acids is 1. The molecule has 15 heavy (non-hydrogen) atoms. The van der Waals surface area contributed by atoms with Crippen LogP contribution in [0, 0.1) is 0 Å². The van der Waals surface area contributed by atoms with Crippen LogP contribution in [0.2, 0.25) is 0 Å². The number of anilines is 1. The molecule has 2 nitrogen and oxygen atoms in total. The molecule has 1 aliphatic rings. The second-order valence-electron chi connectivity index (χ2n) is 3.82. The first-order valence-electron chi connectivity index (χ1n) is 4.74. The topological polar surface area (TPSA) is 29.1 Å². The third-order valence-electron chi connectivity index (χ3n) is 2.44. The summed E-state index contributed by atoms with van der Waals surface area (Å²) < 4.78 is 25.6. The van der Waals surface area contributed by atoms with Crippen LogP contribution in [-0.2, 0) is 4.79 Å². The molecule has 0 bridgehead atoms. The van der Waals surface area contributed by atoms with Crippen molar-refractivity contribution in [2.75, 3.05) is 5.32 Å². The SMILES string of the molecule is CC(=O)Nc1cccc(C2CC2(F)F)c1. The minimum atomic E-state index is -2.56. The second kappa shape index (κ2) is 3.29. The number of carbonyl (C=O) groups is 1. The van der Waals surface area contributed by atoms with Gasteiger partial charge in [0.1, 0.15) is 0 Å². The van der Waals surface area contributed by atoms with Gasteiger partial charge in [0, 0.05) is 19.0 Å². The maximum absolute atomic E-state index is 12.8. The van der Waals surface area contributed by atoms with Gasteiger partial charge in [-0.25, -0.2) is 8.78 Å². The largest absolute Gasteiger partial charge is 0.326 e. The molecule has 1 saturated carbocycles. The van der Waals surface area contributed by atoms with Gasteiger partial charge >= 0.3 is 0 Å². The van der Waals surface area contributed by atoms with Crippen LogP contribution in [0.3, 0.4) is 0 Å². The van der Waals surface area contributed by atoms with Crippen LogP contribution in [-0.4, -0.2) is 11.8 Å². The van der Waals surface area contributed by atoms with Crippen molar-refractivity contribution in [3.63, 3.8) is 0 Å². The molecule has 0 heterocycles. The summed E-state index contributed by atoms with van der Waals surface area (Å²) in [6, 6.07) is 6.63. The van der Waals surface area contributed by atoms with Gasteiger partial charge in [-0.2, -0.15) is 0 Å². The number of alkyl halides is 2. The summed E-state index contributed by atoms with van der Waals surface area (Å²) in [7, 11) is 0. The monoisotopic (exact) mass is 211 g/mol. The summed E-state index contributed by atoms with van der Waals surface area (Å²) in [4.78, 5) is 10.8. The van der Waals surface area contributed by atoms with E-state index in [-0.39, 0.29) is 12.3 Å². The number of amides is 1. The lowest BCUT2D eigenvalue weighted by atomic mass is 10.1. The molecule has 1 atom stereocenters. The molecule has 1 aromatic carbocycles. The molecule has 0 aromatic heterocycles. The Morgan fingerprint density at radius 1 is 1.53 bits per heavy atom. The van der Waals surface area contributed by atoms with Gasteiger partial charge in [-0.1, -0.05) is 12.1 Å². The van der Waals surface area contributed by atoms with Crippen LogP contribution in [0.5, 0.6) is 0 Å². The van der Waals surface area contributed by atoms with Gasteiger partial charge in [0.25, 0.3) is 5.92 Å². The van der Waals surface area contributed by atoms with Gasteiger partial charge in [0.2, 0.25) is 5.91 Å². The molecule has 1 N–H and O–H groups in total. The number of rotatable bonds is 2. The molecule has 0 aliphatic heterocycles. The van der Waals surface area contributed by atoms with E-state index in [2.05, 4.69) is 5.32 Å². The predicted molar refractivity (Wildman–Crippen MR) is 53.1 cm³/mol. The lowest BCUT2D eigenvalue weighted by Gasteiger charge is -2.04. The highest BCUT2D eigenvalue weighted by Crippen LogP contribution is 2.55. The van der Waals surface area contributed by atoms with Gasteiger partial charge in [-0.3, -0.25) is 4.79 Å². The summed E-state index contributed by atoms with van der Waals surface area (Å²) in [5.41, 5.74) is 1.16. The number of halogens is 2. The van der Waals surface area contributed by atoms with Gasteiger partial charge in [0.05, 0.1) is 5.92 Å². The molecule has 2 rings (SSSR count). The van der Waals surface area contributed by atoms with E-state index in [0.29, 0.717) is 11.3 Å². The fraction of sp³-hybridized carbons (Fsp3) is 0.364. The molecule has 1 amide bonds. The number of benzene rings is 1. The minimum Gasteiger partial charge on any atom is -0.326 e. The molecule has 0 saturated heterocycles. The van der Waals surface area contributed by atoms with E-state index in [4.69, 9.17) is 0 Å². The first-order chi connectivity index (χ1) is 6.99. The first kappa shape index (κ1) is 10.1. The van der Waals surface area contributed by atoms with Crippen molar-refractivity contribution in [1.29, 1.82) is 0 Å². The third-order valence-corrected chi connectivity index (χ3v) is 2.44. The third kappa shape index (κ3) is 2.14. The van der Waals surface area contributed by atoms with Crippen molar-refractivity contribution in [1.82, 2.24) is 0 Å². The van der Waals surface area contributed by atoms with E-state index in [0.717, 1.165) is 0 Å². The zero-order valence-corrected chi connectivity index (χ0v) is 8.26. The quantitative estimate of drug-likeness (QED) is 0.800. The van der Waals surface area contributed by atoms with E-state index in [1.807, 2.05) is 0 Å². The van der Waals surface area contributed by atoms with Crippen molar-refractivity contribution in [2.24, 2.45) is 0 Å². The van der Waals surface area contributed by atoms with Gasteiger partial charge < -0.3 is 5.32 Å². The van der Waals surface area contributed by atoms with E-state index < -0.39 is 11.8 Å². The summed E-state index contributed by atoms with van der Waals surface area (Å²) in [5.74, 6) is -3.43. The van der Waals surface area contributed by atoms with Crippen molar-refractivity contribution in [3.8, 4) is 0 Å². The molecule has 0 radical (unpaired) electrons. The summed E-state index contributed by atoms with van der Waals surface area (Å²) >= 11 is 0. The highest BCUT2D eigenvalue weighted by molar-refractivity contribution is 5.88. The summed E-state index contributed by atoms with van der Waals surface area (Å²) in [6.45, 7) is 1.39. The van der Waals surface area contributed by atoms with E-state index >= 15 is 0 Å². The molecule has 1 unspecified atom stereocenters. The Kier molecular flexibility index (Phi) is 2.21. The molecular weight excluding hydrogens is 200 g/mol. The first-order valence-corrected chi connectivity index (χ1v) is 4.74. The average molecular weight is 211 g/mol. The van der Waals surface area contributed by atoms with Gasteiger partial charge in [-0.05, 0) is 17.7 Å². The Balaban J connectivity index is 2.17. The zero-order valence-electron chi connectivity index (χ0n) is 8.26. The smallest absolute Gasteiger partial charge is 0.255 e. The van der Waals surface area contributed by atoms with Crippen LogP contribution in [0.4, 0.5) is 14.5 Å². The van der Waals surface area contributed by atoms with Crippen molar-refractivity contribution in [3.05, 3.63) is 29.8 Å². The lowest BCUT2D eigenvalue weighted by Crippen LogP contribution is -2.06. The summed E-state index contributed by atoms with van der Waals surface area (Å²) in [6.07, 6.45) is -0.0868. The fourth-order valence-corrected chi connectivity index (χ4v) is 1.61. The summed E-state index contributed by atoms with van der Waals surface area (Å²) in [5, 5.41) is 2.57. The van der Waals surface area contributed by atoms with Crippen molar-refractivity contribution < 1.29 is 13.6 Å². The molecule has 1 aliphatic carbocycles. The normalized spacial score (nSPS) is 22.2. The maximum atomic E-state index is 12.8. The van der Waals surface area contributed by atoms with Crippen LogP contribution < -0.4 is 5.32 Å². The Morgan fingerprint density at radius 3 is 2.73 bits per heavy atom. The number of nitrogens with one attached hydrogen (secondary N) is 1. The number of hydrogen-bond donors (Lipinski definition) is 1. The Bertz CT molecular complexity index is 403. The van der Waals surface area contributed by atoms with E-state index in [9.17, 15) is 13.6 Å². The molecule has 80 valence electrons. The predicted octanol–water partition coefficient (Wildman–Crippen LogP) is 2.77. The Hall–Kier alpha value is -1.45. The van der Waals surface area contributed by atoms with Crippen LogP contribution in [0.15, 0.2) is 24.3 Å². The molecule has 1 fully saturated rings. The van der Waals surface area contributed by atoms with Crippen molar-refractivity contribution >= 4 is 11.6 Å². The molecular formula is C11H11F2NO. The van der Waals surface area contributed by atoms with Crippen molar-refractivity contribution in [2.45, 2.75) is 25.2 Å². The maximum Gasteiger partial charge on any atom is 0.255 e. The molecule has 1 aromatic rings. The number of hydrogen-bond acceptors (Lipinski definition) is 1. The van der Waals surface area contributed by atoms with Gasteiger partial charge in [-0.15, -0.1) is 0 Å². The minimum absolute atomic E-state index is 0.0868. The highest BCUT2D eigenvalue weighted by atomic mass is 19.3. The van der Waals surface area contributed by atoms with Crippen LogP contribution >= 0.6 is 0 Å². The Labute approximate surface area is 86.3 Å². The molecule has 4 heteroatoms. The average Bonchev–Trinajstić information content (AvgIpc) is 2.74. The van der Waals surface area contributed by atoms with E-state index in [1.165, 1.54) is 6.92 Å². The van der Waals surface area contributed by atoms with Crippen LogP contribution in [0.25, 0.3) is 0 Å².